The van der Waals surface area contributed by atoms with Crippen LogP contribution in [0.4, 0.5) is 10.1 Å². The highest BCUT2D eigenvalue weighted by atomic mass is 19.1. The summed E-state index contributed by atoms with van der Waals surface area (Å²) in [5, 5.41) is 2.90. The molecule has 0 atom stereocenters. The molecule has 4 nitrogen and oxygen atoms in total. The number of fused-ring (bicyclic) bond motifs is 1. The molecule has 0 radical (unpaired) electrons. The third kappa shape index (κ3) is 3.78. The van der Waals surface area contributed by atoms with E-state index >= 15 is 0 Å². The van der Waals surface area contributed by atoms with Crippen molar-refractivity contribution in [2.75, 3.05) is 5.32 Å². The van der Waals surface area contributed by atoms with Crippen LogP contribution in [0.15, 0.2) is 66.7 Å². The molecule has 1 aromatic heterocycles. The fraction of sp³-hybridized carbons (Fsp3) is 0.130. The minimum atomic E-state index is -0.383. The first-order valence-electron chi connectivity index (χ1n) is 9.19. The molecule has 0 unspecified atom stereocenters. The van der Waals surface area contributed by atoms with Crippen molar-refractivity contribution < 1.29 is 9.18 Å². The van der Waals surface area contributed by atoms with Gasteiger partial charge in [-0.1, -0.05) is 36.4 Å². The Bertz CT molecular complexity index is 1120. The topological polar surface area (TPSA) is 57.8 Å². The number of amides is 1. The van der Waals surface area contributed by atoms with E-state index in [1.165, 1.54) is 6.07 Å². The van der Waals surface area contributed by atoms with Crippen LogP contribution in [0.5, 0.6) is 0 Å². The van der Waals surface area contributed by atoms with Gasteiger partial charge in [0.1, 0.15) is 11.6 Å². The molecular formula is C23H20FN3O. The third-order valence-corrected chi connectivity index (χ3v) is 4.77. The Labute approximate surface area is 162 Å². The van der Waals surface area contributed by atoms with Crippen LogP contribution >= 0.6 is 0 Å². The Morgan fingerprint density at radius 1 is 1.04 bits per heavy atom. The predicted octanol–water partition coefficient (Wildman–Crippen LogP) is 5.05. The largest absolute Gasteiger partial charge is 0.342 e. The van der Waals surface area contributed by atoms with Crippen LogP contribution in [0.25, 0.3) is 11.0 Å². The molecule has 0 aliphatic rings. The first-order valence-corrected chi connectivity index (χ1v) is 9.19. The summed E-state index contributed by atoms with van der Waals surface area (Å²) in [6.45, 7) is 1.67. The molecule has 0 spiro atoms. The summed E-state index contributed by atoms with van der Waals surface area (Å²) in [5.74, 6) is 0.198. The van der Waals surface area contributed by atoms with Crippen LogP contribution in [0.1, 0.15) is 27.3 Å². The zero-order valence-corrected chi connectivity index (χ0v) is 15.5. The van der Waals surface area contributed by atoms with Crippen LogP contribution in [-0.2, 0) is 12.8 Å². The summed E-state index contributed by atoms with van der Waals surface area (Å²) in [6.07, 6.45) is 1.44. The summed E-state index contributed by atoms with van der Waals surface area (Å²) >= 11 is 0. The van der Waals surface area contributed by atoms with Crippen LogP contribution in [0.3, 0.4) is 0 Å². The maximum atomic E-state index is 13.8. The Kier molecular flexibility index (Phi) is 4.89. The second-order valence-electron chi connectivity index (χ2n) is 6.78. The summed E-state index contributed by atoms with van der Waals surface area (Å²) in [7, 11) is 0. The van der Waals surface area contributed by atoms with Crippen molar-refractivity contribution in [3.8, 4) is 0 Å². The molecule has 28 heavy (non-hydrogen) atoms. The highest BCUT2D eigenvalue weighted by Crippen LogP contribution is 2.20. The molecule has 4 aromatic rings. The molecule has 1 amide bonds. The van der Waals surface area contributed by atoms with Crippen LogP contribution < -0.4 is 5.32 Å². The first-order chi connectivity index (χ1) is 13.6. The molecule has 0 saturated carbocycles. The minimum Gasteiger partial charge on any atom is -0.342 e. The van der Waals surface area contributed by atoms with E-state index in [1.54, 1.807) is 19.1 Å². The quantitative estimate of drug-likeness (QED) is 0.514. The van der Waals surface area contributed by atoms with Gasteiger partial charge in [0.2, 0.25) is 0 Å². The van der Waals surface area contributed by atoms with Gasteiger partial charge in [0.25, 0.3) is 5.91 Å². The van der Waals surface area contributed by atoms with Crippen molar-refractivity contribution in [1.29, 1.82) is 0 Å². The molecule has 0 aliphatic carbocycles. The molecule has 1 heterocycles. The molecule has 5 heteroatoms. The number of para-hydroxylation sites is 3. The van der Waals surface area contributed by atoms with E-state index in [0.29, 0.717) is 11.1 Å². The normalized spacial score (nSPS) is 10.9. The Morgan fingerprint density at radius 3 is 2.64 bits per heavy atom. The van der Waals surface area contributed by atoms with E-state index in [2.05, 4.69) is 15.3 Å². The number of carbonyl (C=O) groups excluding carboxylic acids is 1. The summed E-state index contributed by atoms with van der Waals surface area (Å²) < 4.78 is 13.8. The number of hydrogen-bond donors (Lipinski definition) is 2. The van der Waals surface area contributed by atoms with Crippen molar-refractivity contribution in [3.63, 3.8) is 0 Å². The molecule has 140 valence electrons. The van der Waals surface area contributed by atoms with Gasteiger partial charge in [-0.3, -0.25) is 4.79 Å². The standard InChI is InChI=1S/C23H20FN3O/c1-15-10-11-17(14-18(15)24)23(28)27-19-7-3-2-6-16(19)12-13-22-25-20-8-4-5-9-21(20)26-22/h2-11,14H,12-13H2,1H3,(H,25,26)(H,27,28). The number of hydrogen-bond acceptors (Lipinski definition) is 2. The number of nitrogens with one attached hydrogen (secondary N) is 2. The lowest BCUT2D eigenvalue weighted by molar-refractivity contribution is 0.102. The number of aromatic nitrogens is 2. The average molecular weight is 373 g/mol. The number of aryl methyl sites for hydroxylation is 3. The molecule has 0 saturated heterocycles. The lowest BCUT2D eigenvalue weighted by Gasteiger charge is -2.11. The number of nitrogens with zero attached hydrogens (tertiary/aromatic N) is 1. The fourth-order valence-electron chi connectivity index (χ4n) is 3.17. The number of H-pyrrole nitrogens is 1. The Balaban J connectivity index is 1.50. The van der Waals surface area contributed by atoms with Gasteiger partial charge in [-0.05, 0) is 54.8 Å². The first kappa shape index (κ1) is 17.9. The zero-order chi connectivity index (χ0) is 19.5. The number of rotatable bonds is 5. The van der Waals surface area contributed by atoms with E-state index < -0.39 is 0 Å². The molecular weight excluding hydrogens is 353 g/mol. The average Bonchev–Trinajstić information content (AvgIpc) is 3.12. The second kappa shape index (κ2) is 7.64. The third-order valence-electron chi connectivity index (χ3n) is 4.77. The van der Waals surface area contributed by atoms with Gasteiger partial charge in [0.05, 0.1) is 11.0 Å². The molecule has 3 aromatic carbocycles. The Morgan fingerprint density at radius 2 is 1.82 bits per heavy atom. The molecule has 0 fully saturated rings. The number of carbonyl (C=O) groups is 1. The highest BCUT2D eigenvalue weighted by Gasteiger charge is 2.11. The maximum Gasteiger partial charge on any atom is 0.255 e. The van der Waals surface area contributed by atoms with Crippen LogP contribution in [0, 0.1) is 12.7 Å². The van der Waals surface area contributed by atoms with Crippen LogP contribution in [0.2, 0.25) is 0 Å². The van der Waals surface area contributed by atoms with Crippen molar-refractivity contribution in [1.82, 2.24) is 9.97 Å². The molecule has 0 bridgehead atoms. The van der Waals surface area contributed by atoms with Gasteiger partial charge < -0.3 is 10.3 Å². The zero-order valence-electron chi connectivity index (χ0n) is 15.5. The van der Waals surface area contributed by atoms with Crippen molar-refractivity contribution in [2.45, 2.75) is 19.8 Å². The SMILES string of the molecule is Cc1ccc(C(=O)Nc2ccccc2CCc2nc3ccccc3[nH]2)cc1F. The van der Waals surface area contributed by atoms with Crippen molar-refractivity contribution >= 4 is 22.6 Å². The smallest absolute Gasteiger partial charge is 0.255 e. The number of benzene rings is 3. The lowest BCUT2D eigenvalue weighted by Crippen LogP contribution is -2.14. The summed E-state index contributed by atoms with van der Waals surface area (Å²) in [6, 6.07) is 20.1. The van der Waals surface area contributed by atoms with Gasteiger partial charge in [0.15, 0.2) is 0 Å². The number of imidazole rings is 1. The van der Waals surface area contributed by atoms with E-state index in [4.69, 9.17) is 0 Å². The second-order valence-corrected chi connectivity index (χ2v) is 6.78. The van der Waals surface area contributed by atoms with Gasteiger partial charge in [-0.2, -0.15) is 0 Å². The van der Waals surface area contributed by atoms with Gasteiger partial charge in [0, 0.05) is 17.7 Å². The minimum absolute atomic E-state index is 0.301. The van der Waals surface area contributed by atoms with E-state index in [9.17, 15) is 9.18 Å². The monoisotopic (exact) mass is 373 g/mol. The number of aromatic amines is 1. The van der Waals surface area contributed by atoms with Crippen LogP contribution in [-0.4, -0.2) is 15.9 Å². The lowest BCUT2D eigenvalue weighted by atomic mass is 10.1. The van der Waals surface area contributed by atoms with Gasteiger partial charge in [-0.25, -0.2) is 9.37 Å². The Hall–Kier alpha value is -3.47. The number of halogens is 1. The van der Waals surface area contributed by atoms with E-state index in [0.717, 1.165) is 41.0 Å². The van der Waals surface area contributed by atoms with E-state index in [1.807, 2.05) is 48.5 Å². The van der Waals surface area contributed by atoms with Gasteiger partial charge >= 0.3 is 0 Å². The van der Waals surface area contributed by atoms with E-state index in [-0.39, 0.29) is 11.7 Å². The highest BCUT2D eigenvalue weighted by molar-refractivity contribution is 6.04. The van der Waals surface area contributed by atoms with Gasteiger partial charge in [-0.15, -0.1) is 0 Å². The molecule has 2 N–H and O–H groups in total. The summed E-state index contributed by atoms with van der Waals surface area (Å²) in [5.41, 5.74) is 4.51. The predicted molar refractivity (Wildman–Crippen MR) is 109 cm³/mol. The van der Waals surface area contributed by atoms with Crippen molar-refractivity contribution in [3.05, 3.63) is 95.1 Å². The van der Waals surface area contributed by atoms with Crippen molar-refractivity contribution in [2.24, 2.45) is 0 Å². The summed E-state index contributed by atoms with van der Waals surface area (Å²) in [4.78, 5) is 20.4. The number of anilines is 1. The molecule has 4 rings (SSSR count). The fourth-order valence-corrected chi connectivity index (χ4v) is 3.17. The maximum absolute atomic E-state index is 13.8. The molecule has 0 aliphatic heterocycles.